The van der Waals surface area contributed by atoms with Crippen molar-refractivity contribution in [1.29, 1.82) is 0 Å². The molecule has 0 aromatic carbocycles. The molecule has 1 atom stereocenters. The van der Waals surface area contributed by atoms with Gasteiger partial charge in [-0.15, -0.1) is 0 Å². The van der Waals surface area contributed by atoms with Crippen LogP contribution in [-0.4, -0.2) is 86.9 Å². The molecule has 1 unspecified atom stereocenters. The van der Waals surface area contributed by atoms with Crippen LogP contribution in [0.4, 0.5) is 0 Å². The number of ether oxygens (including phenoxy) is 1. The number of rotatable bonds is 8. The average molecular weight is 328 g/mol. The van der Waals surface area contributed by atoms with Gasteiger partial charge in [0.2, 0.25) is 0 Å². The monoisotopic (exact) mass is 327 g/mol. The summed E-state index contributed by atoms with van der Waals surface area (Å²) >= 11 is 0. The Morgan fingerprint density at radius 3 is 2.35 bits per heavy atom. The van der Waals surface area contributed by atoms with Gasteiger partial charge >= 0.3 is 0 Å². The summed E-state index contributed by atoms with van der Waals surface area (Å²) in [5.74, 6) is 0.872. The van der Waals surface area contributed by atoms with Crippen molar-refractivity contribution >= 4 is 5.96 Å². The minimum absolute atomic E-state index is 0.232. The quantitative estimate of drug-likeness (QED) is 0.514. The van der Waals surface area contributed by atoms with Crippen molar-refractivity contribution in [2.75, 3.05) is 59.5 Å². The molecule has 1 heterocycles. The molecule has 6 nitrogen and oxygen atoms in total. The Kier molecular flexibility index (Phi) is 8.87. The Bertz CT molecular complexity index is 351. The molecular weight excluding hydrogens is 290 g/mol. The molecule has 0 amide bonds. The molecule has 0 saturated carbocycles. The third-order valence-electron chi connectivity index (χ3n) is 4.56. The first-order valence-corrected chi connectivity index (χ1v) is 8.95. The van der Waals surface area contributed by atoms with Crippen molar-refractivity contribution in [3.8, 4) is 0 Å². The van der Waals surface area contributed by atoms with Crippen molar-refractivity contribution in [2.45, 2.75) is 46.3 Å². The lowest BCUT2D eigenvalue weighted by Crippen LogP contribution is -2.53. The summed E-state index contributed by atoms with van der Waals surface area (Å²) in [5, 5.41) is 6.78. The summed E-state index contributed by atoms with van der Waals surface area (Å²) in [4.78, 5) is 9.71. The van der Waals surface area contributed by atoms with Gasteiger partial charge < -0.3 is 20.3 Å². The van der Waals surface area contributed by atoms with Crippen LogP contribution >= 0.6 is 0 Å². The second-order valence-corrected chi connectivity index (χ2v) is 6.86. The number of guanidine groups is 1. The van der Waals surface area contributed by atoms with E-state index in [1.165, 1.54) is 13.1 Å². The highest BCUT2D eigenvalue weighted by molar-refractivity contribution is 5.79. The molecule has 23 heavy (non-hydrogen) atoms. The standard InChI is InChI=1S/C17H37N5O/c1-7-18-16(20-14-17(4,5)23-6)19-13-15(3)22-11-9-21(8-2)10-12-22/h15H,7-14H2,1-6H3,(H2,18,19,20). The summed E-state index contributed by atoms with van der Waals surface area (Å²) in [7, 11) is 1.73. The van der Waals surface area contributed by atoms with Crippen molar-refractivity contribution in [2.24, 2.45) is 4.99 Å². The molecule has 0 aliphatic carbocycles. The second-order valence-electron chi connectivity index (χ2n) is 6.86. The van der Waals surface area contributed by atoms with Gasteiger partial charge in [-0.3, -0.25) is 9.89 Å². The summed E-state index contributed by atoms with van der Waals surface area (Å²) in [5.41, 5.74) is -0.232. The third kappa shape index (κ3) is 7.50. The van der Waals surface area contributed by atoms with Crippen LogP contribution < -0.4 is 10.6 Å². The zero-order valence-electron chi connectivity index (χ0n) is 16.0. The Morgan fingerprint density at radius 2 is 1.83 bits per heavy atom. The fourth-order valence-electron chi connectivity index (χ4n) is 2.57. The number of aliphatic imine (C=N–C) groups is 1. The minimum atomic E-state index is -0.232. The van der Waals surface area contributed by atoms with E-state index in [9.17, 15) is 0 Å². The predicted molar refractivity (Wildman–Crippen MR) is 98.2 cm³/mol. The first kappa shape index (κ1) is 20.2. The molecule has 0 aromatic rings. The van der Waals surface area contributed by atoms with E-state index in [2.05, 4.69) is 60.0 Å². The van der Waals surface area contributed by atoms with Crippen molar-refractivity contribution in [1.82, 2.24) is 20.4 Å². The molecule has 0 aromatic heterocycles. The number of nitrogens with zero attached hydrogens (tertiary/aromatic N) is 3. The van der Waals surface area contributed by atoms with Crippen LogP contribution in [0, 0.1) is 0 Å². The molecule has 1 fully saturated rings. The van der Waals surface area contributed by atoms with E-state index in [1.807, 2.05) is 0 Å². The smallest absolute Gasteiger partial charge is 0.191 e. The van der Waals surface area contributed by atoms with Crippen LogP contribution in [0.2, 0.25) is 0 Å². The summed E-state index contributed by atoms with van der Waals surface area (Å²) in [6.07, 6.45) is 0. The van der Waals surface area contributed by atoms with Crippen LogP contribution in [0.15, 0.2) is 4.99 Å². The van der Waals surface area contributed by atoms with Crippen LogP contribution in [0.25, 0.3) is 0 Å². The zero-order chi connectivity index (χ0) is 17.3. The van der Waals surface area contributed by atoms with E-state index in [-0.39, 0.29) is 5.60 Å². The second kappa shape index (κ2) is 10.1. The third-order valence-corrected chi connectivity index (χ3v) is 4.56. The van der Waals surface area contributed by atoms with Crippen molar-refractivity contribution in [3.05, 3.63) is 0 Å². The van der Waals surface area contributed by atoms with Crippen LogP contribution in [0.1, 0.15) is 34.6 Å². The number of nitrogens with one attached hydrogen (secondary N) is 2. The van der Waals surface area contributed by atoms with Gasteiger partial charge in [0.1, 0.15) is 0 Å². The summed E-state index contributed by atoms with van der Waals surface area (Å²) < 4.78 is 5.43. The number of hydrogen-bond donors (Lipinski definition) is 2. The highest BCUT2D eigenvalue weighted by Crippen LogP contribution is 2.07. The Hall–Kier alpha value is -0.850. The number of hydrogen-bond acceptors (Lipinski definition) is 4. The molecule has 0 radical (unpaired) electrons. The molecule has 1 rings (SSSR count). The van der Waals surface area contributed by atoms with Gasteiger partial charge in [0.05, 0.1) is 12.1 Å². The molecular formula is C17H37N5O. The van der Waals surface area contributed by atoms with Crippen LogP contribution in [0.3, 0.4) is 0 Å². The topological polar surface area (TPSA) is 52.1 Å². The lowest BCUT2D eigenvalue weighted by atomic mass is 10.1. The highest BCUT2D eigenvalue weighted by Gasteiger charge is 2.20. The van der Waals surface area contributed by atoms with Crippen LogP contribution in [-0.2, 0) is 4.74 Å². The van der Waals surface area contributed by atoms with Gasteiger partial charge in [-0.2, -0.15) is 0 Å². The lowest BCUT2D eigenvalue weighted by Gasteiger charge is -2.37. The van der Waals surface area contributed by atoms with Crippen molar-refractivity contribution in [3.63, 3.8) is 0 Å². The Labute approximate surface area is 142 Å². The molecule has 136 valence electrons. The average Bonchev–Trinajstić information content (AvgIpc) is 2.57. The normalized spacial score (nSPS) is 19.7. The Balaban J connectivity index is 2.43. The molecule has 2 N–H and O–H groups in total. The maximum absolute atomic E-state index is 5.43. The minimum Gasteiger partial charge on any atom is -0.377 e. The summed E-state index contributed by atoms with van der Waals surface area (Å²) in [6.45, 7) is 19.0. The molecule has 6 heteroatoms. The SMILES string of the molecule is CCNC(=NCC(C)(C)OC)NCC(C)N1CCN(CC)CC1. The van der Waals surface area contributed by atoms with Gasteiger partial charge in [0.15, 0.2) is 5.96 Å². The van der Waals surface area contributed by atoms with Gasteiger partial charge in [-0.1, -0.05) is 6.92 Å². The van der Waals surface area contributed by atoms with E-state index >= 15 is 0 Å². The number of likely N-dealkylation sites (N-methyl/N-ethyl adjacent to an activating group) is 1. The maximum Gasteiger partial charge on any atom is 0.191 e. The fourth-order valence-corrected chi connectivity index (χ4v) is 2.57. The molecule has 0 spiro atoms. The Morgan fingerprint density at radius 1 is 1.17 bits per heavy atom. The largest absolute Gasteiger partial charge is 0.377 e. The van der Waals surface area contributed by atoms with E-state index in [0.717, 1.165) is 38.7 Å². The molecule has 1 aliphatic heterocycles. The molecule has 1 aliphatic rings. The predicted octanol–water partition coefficient (Wildman–Crippen LogP) is 0.993. The van der Waals surface area contributed by atoms with E-state index in [4.69, 9.17) is 4.74 Å². The lowest BCUT2D eigenvalue weighted by molar-refractivity contribution is 0.0310. The van der Waals surface area contributed by atoms with Crippen molar-refractivity contribution < 1.29 is 4.74 Å². The summed E-state index contributed by atoms with van der Waals surface area (Å²) in [6, 6.07) is 0.508. The van der Waals surface area contributed by atoms with E-state index in [1.54, 1.807) is 7.11 Å². The van der Waals surface area contributed by atoms with Gasteiger partial charge in [0.25, 0.3) is 0 Å². The van der Waals surface area contributed by atoms with E-state index < -0.39 is 0 Å². The van der Waals surface area contributed by atoms with Gasteiger partial charge in [-0.25, -0.2) is 0 Å². The highest BCUT2D eigenvalue weighted by atomic mass is 16.5. The maximum atomic E-state index is 5.43. The fraction of sp³-hybridized carbons (Fsp3) is 0.941. The van der Waals surface area contributed by atoms with Gasteiger partial charge in [-0.05, 0) is 34.2 Å². The number of methoxy groups -OCH3 is 1. The van der Waals surface area contributed by atoms with Crippen LogP contribution in [0.5, 0.6) is 0 Å². The van der Waals surface area contributed by atoms with Gasteiger partial charge in [0, 0.05) is 52.4 Å². The first-order valence-electron chi connectivity index (χ1n) is 8.95. The van der Waals surface area contributed by atoms with E-state index in [0.29, 0.717) is 12.6 Å². The molecule has 1 saturated heterocycles. The molecule has 0 bridgehead atoms. The number of piperazine rings is 1. The first-order chi connectivity index (χ1) is 10.9. The zero-order valence-corrected chi connectivity index (χ0v) is 16.0.